The highest BCUT2D eigenvalue weighted by atomic mass is 16.2. The van der Waals surface area contributed by atoms with Crippen molar-refractivity contribution in [3.8, 4) is 0 Å². The van der Waals surface area contributed by atoms with E-state index in [9.17, 15) is 9.59 Å². The van der Waals surface area contributed by atoms with E-state index in [1.807, 2.05) is 13.8 Å². The number of Topliss-reactive ketones (excluding diaryl/α,β-unsaturated/α-hetero) is 1. The monoisotopic (exact) mass is 157 g/mol. The van der Waals surface area contributed by atoms with Crippen molar-refractivity contribution >= 4 is 11.7 Å². The van der Waals surface area contributed by atoms with Gasteiger partial charge in [0, 0.05) is 6.42 Å². The van der Waals surface area contributed by atoms with Crippen LogP contribution in [-0.4, -0.2) is 17.7 Å². The van der Waals surface area contributed by atoms with Gasteiger partial charge in [-0.25, -0.2) is 0 Å². The van der Waals surface area contributed by atoms with Gasteiger partial charge in [0.1, 0.15) is 0 Å². The Labute approximate surface area is 67.2 Å². The van der Waals surface area contributed by atoms with Crippen molar-refractivity contribution < 1.29 is 9.59 Å². The van der Waals surface area contributed by atoms with E-state index < -0.39 is 0 Å². The van der Waals surface area contributed by atoms with Crippen LogP contribution in [-0.2, 0) is 9.59 Å². The molecule has 1 heterocycles. The van der Waals surface area contributed by atoms with Crippen molar-refractivity contribution in [2.24, 2.45) is 0 Å². The molecule has 0 aromatic heterocycles. The second-order valence-corrected chi connectivity index (χ2v) is 2.27. The zero-order valence-electron chi connectivity index (χ0n) is 7.31. The Bertz CT molecular complexity index is 154. The lowest BCUT2D eigenvalue weighted by molar-refractivity contribution is -0.123. The van der Waals surface area contributed by atoms with Crippen molar-refractivity contribution in [1.82, 2.24) is 5.32 Å². The van der Waals surface area contributed by atoms with Crippen LogP contribution in [0.1, 0.15) is 33.6 Å². The van der Waals surface area contributed by atoms with Gasteiger partial charge in [0.25, 0.3) is 0 Å². The smallest absolute Gasteiger partial charge is 0.220 e. The van der Waals surface area contributed by atoms with E-state index >= 15 is 0 Å². The zero-order chi connectivity index (χ0) is 8.85. The summed E-state index contributed by atoms with van der Waals surface area (Å²) in [5.74, 6) is 0.0519. The van der Waals surface area contributed by atoms with Crippen molar-refractivity contribution in [2.45, 2.75) is 39.7 Å². The molecule has 1 amide bonds. The predicted molar refractivity (Wildman–Crippen MR) is 43.2 cm³/mol. The summed E-state index contributed by atoms with van der Waals surface area (Å²) in [4.78, 5) is 21.1. The first-order chi connectivity index (χ1) is 5.20. The second-order valence-electron chi connectivity index (χ2n) is 2.27. The average molecular weight is 157 g/mol. The molecule has 1 unspecified atom stereocenters. The van der Waals surface area contributed by atoms with E-state index in [4.69, 9.17) is 0 Å². The number of hydrogen-bond donors (Lipinski definition) is 1. The summed E-state index contributed by atoms with van der Waals surface area (Å²) < 4.78 is 0. The van der Waals surface area contributed by atoms with Crippen LogP contribution >= 0.6 is 0 Å². The standard InChI is InChI=1S/C6H9NO2.C2H6/c1-4(8)5-2-3-6(9)7-5;1-2/h5H,2-3H2,1H3,(H,7,9);1-2H3. The summed E-state index contributed by atoms with van der Waals surface area (Å²) in [5.41, 5.74) is 0. The molecule has 0 aromatic carbocycles. The van der Waals surface area contributed by atoms with Crippen molar-refractivity contribution in [3.63, 3.8) is 0 Å². The zero-order valence-corrected chi connectivity index (χ0v) is 7.31. The molecule has 0 aliphatic carbocycles. The highest BCUT2D eigenvalue weighted by Gasteiger charge is 2.23. The highest BCUT2D eigenvalue weighted by Crippen LogP contribution is 2.06. The molecule has 1 atom stereocenters. The minimum atomic E-state index is -0.197. The molecule has 1 aliphatic rings. The number of ketones is 1. The highest BCUT2D eigenvalue weighted by molar-refractivity contribution is 5.90. The molecule has 1 saturated heterocycles. The molecule has 0 saturated carbocycles. The minimum Gasteiger partial charge on any atom is -0.346 e. The lowest BCUT2D eigenvalue weighted by atomic mass is 10.2. The molecule has 0 spiro atoms. The number of carbonyl (C=O) groups excluding carboxylic acids is 2. The molecule has 3 heteroatoms. The van der Waals surface area contributed by atoms with Crippen LogP contribution < -0.4 is 5.32 Å². The maximum absolute atomic E-state index is 10.6. The molecular formula is C8H15NO2. The summed E-state index contributed by atoms with van der Waals surface area (Å²) in [5, 5.41) is 2.56. The van der Waals surface area contributed by atoms with Gasteiger partial charge in [-0.2, -0.15) is 0 Å². The molecule has 1 N–H and O–H groups in total. The average Bonchev–Trinajstić information content (AvgIpc) is 2.40. The summed E-state index contributed by atoms with van der Waals surface area (Å²) in [6, 6.07) is -0.197. The number of hydrogen-bond acceptors (Lipinski definition) is 2. The van der Waals surface area contributed by atoms with Crippen LogP contribution in [0.4, 0.5) is 0 Å². The van der Waals surface area contributed by atoms with Crippen LogP contribution in [0.5, 0.6) is 0 Å². The maximum Gasteiger partial charge on any atom is 0.220 e. The Morgan fingerprint density at radius 3 is 2.27 bits per heavy atom. The fourth-order valence-electron chi connectivity index (χ4n) is 0.919. The third-order valence-corrected chi connectivity index (χ3v) is 1.49. The molecule has 1 rings (SSSR count). The fourth-order valence-corrected chi connectivity index (χ4v) is 0.919. The second kappa shape index (κ2) is 4.88. The SMILES string of the molecule is CC.CC(=O)C1CCC(=O)N1. The molecule has 0 bridgehead atoms. The van der Waals surface area contributed by atoms with Crippen LogP contribution in [0, 0.1) is 0 Å². The van der Waals surface area contributed by atoms with E-state index in [-0.39, 0.29) is 17.7 Å². The number of nitrogens with one attached hydrogen (secondary N) is 1. The largest absolute Gasteiger partial charge is 0.346 e. The van der Waals surface area contributed by atoms with Crippen LogP contribution in [0.25, 0.3) is 0 Å². The third kappa shape index (κ3) is 3.16. The quantitative estimate of drug-likeness (QED) is 0.614. The van der Waals surface area contributed by atoms with E-state index in [0.29, 0.717) is 12.8 Å². The fraction of sp³-hybridized carbons (Fsp3) is 0.750. The maximum atomic E-state index is 10.6. The van der Waals surface area contributed by atoms with Gasteiger partial charge in [-0.1, -0.05) is 13.8 Å². The first kappa shape index (κ1) is 10.1. The molecule has 1 aliphatic heterocycles. The van der Waals surface area contributed by atoms with E-state index in [2.05, 4.69) is 5.32 Å². The summed E-state index contributed by atoms with van der Waals surface area (Å²) in [6.07, 6.45) is 1.18. The third-order valence-electron chi connectivity index (χ3n) is 1.49. The van der Waals surface area contributed by atoms with Crippen LogP contribution in [0.2, 0.25) is 0 Å². The van der Waals surface area contributed by atoms with E-state index in [1.165, 1.54) is 6.92 Å². The van der Waals surface area contributed by atoms with Crippen molar-refractivity contribution in [2.75, 3.05) is 0 Å². The minimum absolute atomic E-state index is 0.00444. The van der Waals surface area contributed by atoms with Gasteiger partial charge in [0.2, 0.25) is 5.91 Å². The Morgan fingerprint density at radius 2 is 2.09 bits per heavy atom. The van der Waals surface area contributed by atoms with E-state index in [1.54, 1.807) is 0 Å². The van der Waals surface area contributed by atoms with Gasteiger partial charge in [-0.05, 0) is 13.3 Å². The van der Waals surface area contributed by atoms with Crippen molar-refractivity contribution in [3.05, 3.63) is 0 Å². The molecule has 1 fully saturated rings. The summed E-state index contributed by atoms with van der Waals surface area (Å²) in [7, 11) is 0. The lowest BCUT2D eigenvalue weighted by Gasteiger charge is -2.01. The predicted octanol–water partition coefficient (Wildman–Crippen LogP) is 0.880. The number of carbonyl (C=O) groups is 2. The van der Waals surface area contributed by atoms with Crippen molar-refractivity contribution in [1.29, 1.82) is 0 Å². The Morgan fingerprint density at radius 1 is 1.55 bits per heavy atom. The van der Waals surface area contributed by atoms with Gasteiger partial charge in [0.05, 0.1) is 6.04 Å². The molecule has 0 radical (unpaired) electrons. The molecular weight excluding hydrogens is 142 g/mol. The number of rotatable bonds is 1. The van der Waals surface area contributed by atoms with Gasteiger partial charge in [0.15, 0.2) is 5.78 Å². The molecule has 0 aromatic rings. The molecule has 3 nitrogen and oxygen atoms in total. The number of amides is 1. The first-order valence-electron chi connectivity index (χ1n) is 4.00. The van der Waals surface area contributed by atoms with Gasteiger partial charge in [-0.15, -0.1) is 0 Å². The normalized spacial score (nSPS) is 21.7. The topological polar surface area (TPSA) is 46.2 Å². The first-order valence-corrected chi connectivity index (χ1v) is 4.00. The van der Waals surface area contributed by atoms with Crippen LogP contribution in [0.15, 0.2) is 0 Å². The Hall–Kier alpha value is -0.860. The van der Waals surface area contributed by atoms with Gasteiger partial charge < -0.3 is 5.32 Å². The molecule has 11 heavy (non-hydrogen) atoms. The van der Waals surface area contributed by atoms with Gasteiger partial charge in [-0.3, -0.25) is 9.59 Å². The van der Waals surface area contributed by atoms with Crippen LogP contribution in [0.3, 0.4) is 0 Å². The molecule has 64 valence electrons. The summed E-state index contributed by atoms with van der Waals surface area (Å²) in [6.45, 7) is 5.50. The Kier molecular flexibility index (Phi) is 4.50. The van der Waals surface area contributed by atoms with Gasteiger partial charge >= 0.3 is 0 Å². The Balaban J connectivity index is 0.000000461. The summed E-state index contributed by atoms with van der Waals surface area (Å²) >= 11 is 0. The van der Waals surface area contributed by atoms with E-state index in [0.717, 1.165) is 0 Å². The lowest BCUT2D eigenvalue weighted by Crippen LogP contribution is -2.31.